The van der Waals surface area contributed by atoms with Crippen LogP contribution >= 0.6 is 22.9 Å². The van der Waals surface area contributed by atoms with E-state index in [4.69, 9.17) is 16.0 Å². The number of anilines is 1. The van der Waals surface area contributed by atoms with Crippen molar-refractivity contribution in [3.8, 4) is 11.6 Å². The minimum Gasteiger partial charge on any atom is -0.401 e. The molecule has 0 unspecified atom stereocenters. The van der Waals surface area contributed by atoms with E-state index in [9.17, 15) is 13.2 Å². The lowest BCUT2D eigenvalue weighted by molar-refractivity contribution is -0.121. The van der Waals surface area contributed by atoms with Gasteiger partial charge in [-0.2, -0.15) is 9.40 Å². The summed E-state index contributed by atoms with van der Waals surface area (Å²) in [4.78, 5) is 12.6. The van der Waals surface area contributed by atoms with Gasteiger partial charge in [0.1, 0.15) is 9.90 Å². The molecule has 1 aliphatic rings. The van der Waals surface area contributed by atoms with Crippen LogP contribution in [0.5, 0.6) is 0 Å². The van der Waals surface area contributed by atoms with Crippen molar-refractivity contribution < 1.29 is 17.6 Å². The van der Waals surface area contributed by atoms with Gasteiger partial charge in [0.05, 0.1) is 4.34 Å². The van der Waals surface area contributed by atoms with Crippen molar-refractivity contribution >= 4 is 44.9 Å². The highest BCUT2D eigenvalue weighted by Gasteiger charge is 2.33. The molecule has 4 heterocycles. The first-order chi connectivity index (χ1) is 14.2. The number of thiophene rings is 1. The van der Waals surface area contributed by atoms with Gasteiger partial charge < -0.3 is 4.42 Å². The number of carbonyl (C=O) groups is 1. The van der Waals surface area contributed by atoms with Gasteiger partial charge >= 0.3 is 6.01 Å². The van der Waals surface area contributed by atoms with E-state index in [0.717, 1.165) is 17.0 Å². The minimum atomic E-state index is -3.59. The molecule has 4 rings (SSSR count). The van der Waals surface area contributed by atoms with Crippen molar-refractivity contribution in [2.24, 2.45) is 13.0 Å². The van der Waals surface area contributed by atoms with Gasteiger partial charge in [0.2, 0.25) is 5.91 Å². The van der Waals surface area contributed by atoms with Gasteiger partial charge in [-0.25, -0.2) is 8.42 Å². The number of rotatable bonds is 5. The topological polar surface area (TPSA) is 123 Å². The van der Waals surface area contributed by atoms with Gasteiger partial charge in [-0.15, -0.1) is 16.4 Å². The fraction of sp³-hybridized carbons (Fsp3) is 0.412. The van der Waals surface area contributed by atoms with Crippen LogP contribution in [0.3, 0.4) is 0 Å². The lowest BCUT2D eigenvalue weighted by Crippen LogP contribution is -2.41. The molecule has 30 heavy (non-hydrogen) atoms. The van der Waals surface area contributed by atoms with E-state index in [1.807, 2.05) is 6.92 Å². The number of piperidine rings is 1. The minimum absolute atomic E-state index is 0.0124. The Morgan fingerprint density at radius 3 is 2.63 bits per heavy atom. The zero-order valence-corrected chi connectivity index (χ0v) is 18.6. The van der Waals surface area contributed by atoms with Gasteiger partial charge in [-0.05, 0) is 38.0 Å². The molecule has 10 nitrogen and oxygen atoms in total. The summed E-state index contributed by atoms with van der Waals surface area (Å²) in [7, 11) is -1.79. The molecule has 3 aromatic rings. The Bertz CT molecular complexity index is 1160. The molecule has 1 aliphatic heterocycles. The van der Waals surface area contributed by atoms with Crippen LogP contribution in [0.4, 0.5) is 6.01 Å². The van der Waals surface area contributed by atoms with Gasteiger partial charge in [-0.3, -0.25) is 14.8 Å². The van der Waals surface area contributed by atoms with Crippen molar-refractivity contribution in [2.75, 3.05) is 18.4 Å². The molecule has 160 valence electrons. The van der Waals surface area contributed by atoms with E-state index in [-0.39, 0.29) is 41.0 Å². The third-order valence-electron chi connectivity index (χ3n) is 4.96. The van der Waals surface area contributed by atoms with E-state index < -0.39 is 10.0 Å². The number of hydrogen-bond acceptors (Lipinski definition) is 8. The third kappa shape index (κ3) is 4.13. The molecule has 1 amide bonds. The molecule has 0 bridgehead atoms. The Labute approximate surface area is 181 Å². The number of amides is 1. The number of hydrogen-bond donors (Lipinski definition) is 1. The van der Waals surface area contributed by atoms with Gasteiger partial charge in [0.15, 0.2) is 0 Å². The summed E-state index contributed by atoms with van der Waals surface area (Å²) in [6.07, 6.45) is 0.787. The van der Waals surface area contributed by atoms with Crippen molar-refractivity contribution in [1.29, 1.82) is 0 Å². The van der Waals surface area contributed by atoms with Crippen molar-refractivity contribution in [2.45, 2.75) is 24.0 Å². The Morgan fingerprint density at radius 2 is 2.03 bits per heavy atom. The summed E-state index contributed by atoms with van der Waals surface area (Å²) in [6, 6.07) is 4.85. The van der Waals surface area contributed by atoms with E-state index in [0.29, 0.717) is 22.9 Å². The quantitative estimate of drug-likeness (QED) is 0.607. The predicted molar refractivity (Wildman–Crippen MR) is 111 cm³/mol. The number of aryl methyl sites for hydroxylation is 2. The van der Waals surface area contributed by atoms with E-state index in [1.165, 1.54) is 10.4 Å². The molecular weight excluding hydrogens is 452 g/mol. The maximum atomic E-state index is 12.7. The van der Waals surface area contributed by atoms with Crippen LogP contribution in [0.2, 0.25) is 4.34 Å². The molecule has 0 radical (unpaired) electrons. The van der Waals surface area contributed by atoms with Crippen LogP contribution in [0.25, 0.3) is 11.6 Å². The zero-order chi connectivity index (χ0) is 21.5. The van der Waals surface area contributed by atoms with Gasteiger partial charge in [-0.1, -0.05) is 16.7 Å². The number of halogens is 1. The smallest absolute Gasteiger partial charge is 0.322 e. The predicted octanol–water partition coefficient (Wildman–Crippen LogP) is 2.53. The fourth-order valence-corrected chi connectivity index (χ4v) is 6.28. The number of aromatic nitrogens is 4. The van der Waals surface area contributed by atoms with Crippen molar-refractivity contribution in [3.05, 3.63) is 28.2 Å². The molecule has 0 saturated carbocycles. The van der Waals surface area contributed by atoms with E-state index in [2.05, 4.69) is 20.6 Å². The number of sulfonamides is 1. The summed E-state index contributed by atoms with van der Waals surface area (Å²) in [6.45, 7) is 2.39. The van der Waals surface area contributed by atoms with Crippen LogP contribution in [0.15, 0.2) is 26.8 Å². The number of nitrogens with one attached hydrogen (secondary N) is 1. The maximum Gasteiger partial charge on any atom is 0.322 e. The molecule has 3 aromatic heterocycles. The Kier molecular flexibility index (Phi) is 5.66. The maximum absolute atomic E-state index is 12.7. The molecule has 13 heteroatoms. The van der Waals surface area contributed by atoms with Gasteiger partial charge in [0, 0.05) is 31.7 Å². The number of carbonyl (C=O) groups excluding carboxylic acids is 1. The van der Waals surface area contributed by atoms with Crippen LogP contribution in [0, 0.1) is 12.8 Å². The molecular formula is C17H19ClN6O4S2. The Morgan fingerprint density at radius 1 is 1.30 bits per heavy atom. The van der Waals surface area contributed by atoms with Crippen LogP contribution < -0.4 is 5.32 Å². The normalized spacial score (nSPS) is 16.1. The summed E-state index contributed by atoms with van der Waals surface area (Å²) < 4.78 is 34.5. The van der Waals surface area contributed by atoms with E-state index in [1.54, 1.807) is 23.9 Å². The molecule has 0 aliphatic carbocycles. The average molecular weight is 471 g/mol. The first-order valence-corrected chi connectivity index (χ1v) is 11.8. The third-order valence-corrected chi connectivity index (χ3v) is 8.55. The van der Waals surface area contributed by atoms with Crippen LogP contribution in [-0.2, 0) is 21.9 Å². The SMILES string of the molecule is Cc1cc(-c2nnc(NC(=O)C3CCN(S(=O)(=O)c4ccc(Cl)s4)CC3)o2)nn1C. The second-order valence-electron chi connectivity index (χ2n) is 6.93. The summed E-state index contributed by atoms with van der Waals surface area (Å²) in [5, 5.41) is 14.6. The molecule has 1 fully saturated rings. The highest BCUT2D eigenvalue weighted by Crippen LogP contribution is 2.31. The molecule has 0 atom stereocenters. The van der Waals surface area contributed by atoms with E-state index >= 15 is 0 Å². The first-order valence-electron chi connectivity index (χ1n) is 9.15. The molecule has 0 aromatic carbocycles. The lowest BCUT2D eigenvalue weighted by Gasteiger charge is -2.29. The van der Waals surface area contributed by atoms with Crippen molar-refractivity contribution in [3.63, 3.8) is 0 Å². The monoisotopic (exact) mass is 470 g/mol. The fourth-order valence-electron chi connectivity index (χ4n) is 3.17. The average Bonchev–Trinajstić information content (AvgIpc) is 3.43. The highest BCUT2D eigenvalue weighted by molar-refractivity contribution is 7.91. The standard InChI is InChI=1S/C17H19ClN6O4S2/c1-10-9-12(22-23(10)2)16-20-21-17(28-16)19-15(25)11-5-7-24(8-6-11)30(26,27)14-4-3-13(18)29-14/h3-4,9,11H,5-8H2,1-2H3,(H,19,21,25). The molecule has 0 spiro atoms. The van der Waals surface area contributed by atoms with Crippen molar-refractivity contribution in [1.82, 2.24) is 24.3 Å². The Balaban J connectivity index is 1.36. The molecule has 1 saturated heterocycles. The first kappa shape index (κ1) is 21.0. The summed E-state index contributed by atoms with van der Waals surface area (Å²) in [5.41, 5.74) is 1.45. The zero-order valence-electron chi connectivity index (χ0n) is 16.2. The summed E-state index contributed by atoms with van der Waals surface area (Å²) >= 11 is 6.88. The van der Waals surface area contributed by atoms with Gasteiger partial charge in [0.25, 0.3) is 15.9 Å². The lowest BCUT2D eigenvalue weighted by atomic mass is 9.97. The second-order valence-corrected chi connectivity index (χ2v) is 10.8. The number of nitrogens with zero attached hydrogens (tertiary/aromatic N) is 5. The largest absolute Gasteiger partial charge is 0.401 e. The second kappa shape index (κ2) is 8.10. The van der Waals surface area contributed by atoms with Crippen LogP contribution in [-0.4, -0.2) is 51.7 Å². The summed E-state index contributed by atoms with van der Waals surface area (Å²) in [5.74, 6) is -0.418. The van der Waals surface area contributed by atoms with Crippen LogP contribution in [0.1, 0.15) is 18.5 Å². The molecule has 1 N–H and O–H groups in total. The highest BCUT2D eigenvalue weighted by atomic mass is 35.5. The Hall–Kier alpha value is -2.28.